The summed E-state index contributed by atoms with van der Waals surface area (Å²) in [6.07, 6.45) is 6.34. The molecule has 2 unspecified atom stereocenters. The van der Waals surface area contributed by atoms with Gasteiger partial charge in [0.15, 0.2) is 0 Å². The molecule has 2 atom stereocenters. The summed E-state index contributed by atoms with van der Waals surface area (Å²) >= 11 is 1.26. The number of nitrogens with zero attached hydrogens (tertiary/aromatic N) is 3. The molecular formula is C21H28N4O3S. The summed E-state index contributed by atoms with van der Waals surface area (Å²) in [6.45, 7) is 5.45. The van der Waals surface area contributed by atoms with Gasteiger partial charge in [0, 0.05) is 17.6 Å². The first-order valence-corrected chi connectivity index (χ1v) is 11.0. The molecule has 4 rings (SSSR count). The van der Waals surface area contributed by atoms with Gasteiger partial charge in [0.25, 0.3) is 0 Å². The molecule has 2 N–H and O–H groups in total. The molecule has 2 heterocycles. The molecule has 2 aromatic rings. The number of hydrogen-bond acceptors (Lipinski definition) is 6. The number of hydrogen-bond donors (Lipinski definition) is 2. The number of aromatic nitrogens is 2. The maximum absolute atomic E-state index is 13.1. The fraction of sp³-hybridized carbons (Fsp3) is 0.571. The van der Waals surface area contributed by atoms with E-state index >= 15 is 0 Å². The zero-order valence-corrected chi connectivity index (χ0v) is 18.2. The second-order valence-electron chi connectivity index (χ2n) is 8.94. The van der Waals surface area contributed by atoms with Gasteiger partial charge < -0.3 is 10.3 Å². The number of pyridine rings is 1. The van der Waals surface area contributed by atoms with Crippen molar-refractivity contribution in [3.05, 3.63) is 43.8 Å². The number of thiazole rings is 1. The van der Waals surface area contributed by atoms with Crippen LogP contribution < -0.4 is 5.32 Å². The van der Waals surface area contributed by atoms with E-state index in [1.165, 1.54) is 18.4 Å². The van der Waals surface area contributed by atoms with Crippen LogP contribution in [0.25, 0.3) is 0 Å². The maximum Gasteiger partial charge on any atom is 0.421 e. The van der Waals surface area contributed by atoms with Crippen molar-refractivity contribution >= 4 is 23.1 Å². The Kier molecular flexibility index (Phi) is 5.01. The lowest BCUT2D eigenvalue weighted by Crippen LogP contribution is -2.46. The molecule has 2 amide bonds. The standard InChI is InChI=1S/C21H28N4O3S/c1-12-8-9-14-18(12)23-15-7-5-6-13(15)19(14)24-20(26)25(4,28)11-17-22-10-16(29-17)21(2,3)27/h10,12,27H,5-9,11H2,1-4H3,(H,23,24,26). The number of amides is 2. The molecule has 0 aliphatic heterocycles. The first-order valence-electron chi connectivity index (χ1n) is 10.2. The SMILES string of the molecule is CC1CCc2c1nc1c(c2NC(=O)[N+](C)([O-])Cc2ncc(C(C)(C)O)s2)CCC1. The van der Waals surface area contributed by atoms with E-state index in [4.69, 9.17) is 4.98 Å². The molecule has 29 heavy (non-hydrogen) atoms. The minimum atomic E-state index is -1.10. The highest BCUT2D eigenvalue weighted by atomic mass is 32.1. The van der Waals surface area contributed by atoms with Gasteiger partial charge in [-0.2, -0.15) is 0 Å². The molecule has 0 aromatic carbocycles. The maximum atomic E-state index is 13.1. The molecule has 0 fully saturated rings. The van der Waals surface area contributed by atoms with Crippen LogP contribution in [0.1, 0.15) is 71.9 Å². The fourth-order valence-electron chi connectivity index (χ4n) is 4.17. The zero-order chi connectivity index (χ0) is 21.0. The molecule has 2 aliphatic carbocycles. The van der Waals surface area contributed by atoms with Crippen LogP contribution in [0.4, 0.5) is 10.5 Å². The van der Waals surface area contributed by atoms with Crippen LogP contribution in [0.15, 0.2) is 6.20 Å². The second kappa shape index (κ2) is 7.12. The summed E-state index contributed by atoms with van der Waals surface area (Å²) in [5.41, 5.74) is 4.17. The zero-order valence-electron chi connectivity index (χ0n) is 17.4. The number of rotatable bonds is 4. The number of carbonyl (C=O) groups excluding carboxylic acids is 1. The highest BCUT2D eigenvalue weighted by molar-refractivity contribution is 7.11. The average Bonchev–Trinajstić information content (AvgIpc) is 3.34. The van der Waals surface area contributed by atoms with Crippen LogP contribution >= 0.6 is 11.3 Å². The van der Waals surface area contributed by atoms with Crippen LogP contribution in [0.2, 0.25) is 0 Å². The van der Waals surface area contributed by atoms with Gasteiger partial charge in [-0.15, -0.1) is 11.3 Å². The smallest absolute Gasteiger partial charge is 0.421 e. The molecule has 2 aliphatic rings. The number of hydroxylamine groups is 3. The first-order chi connectivity index (χ1) is 13.6. The van der Waals surface area contributed by atoms with E-state index in [1.54, 1.807) is 20.0 Å². The minimum Gasteiger partial charge on any atom is -0.624 e. The predicted octanol–water partition coefficient (Wildman–Crippen LogP) is 3.98. The predicted molar refractivity (Wildman–Crippen MR) is 113 cm³/mol. The third-order valence-corrected chi connectivity index (χ3v) is 7.20. The number of anilines is 1. The number of nitrogens with one attached hydrogen (secondary N) is 1. The van der Waals surface area contributed by atoms with E-state index in [2.05, 4.69) is 17.2 Å². The van der Waals surface area contributed by atoms with Crippen LogP contribution in [0, 0.1) is 5.21 Å². The van der Waals surface area contributed by atoms with Gasteiger partial charge in [0.1, 0.15) is 11.6 Å². The van der Waals surface area contributed by atoms with Crippen molar-refractivity contribution in [3.8, 4) is 0 Å². The second-order valence-corrected chi connectivity index (χ2v) is 10.1. The van der Waals surface area contributed by atoms with E-state index in [-0.39, 0.29) is 6.54 Å². The van der Waals surface area contributed by atoms with Gasteiger partial charge in [-0.25, -0.2) is 9.78 Å². The third-order valence-electron chi connectivity index (χ3n) is 5.91. The monoisotopic (exact) mass is 416 g/mol. The molecule has 8 heteroatoms. The van der Waals surface area contributed by atoms with Crippen molar-refractivity contribution in [3.63, 3.8) is 0 Å². The summed E-state index contributed by atoms with van der Waals surface area (Å²) in [4.78, 5) is 22.8. The van der Waals surface area contributed by atoms with Crippen molar-refractivity contribution < 1.29 is 14.5 Å². The Bertz CT molecular complexity index is 962. The molecule has 0 bridgehead atoms. The van der Waals surface area contributed by atoms with Crippen molar-refractivity contribution in [2.75, 3.05) is 12.4 Å². The molecular weight excluding hydrogens is 388 g/mol. The van der Waals surface area contributed by atoms with Crippen LogP contribution in [0.3, 0.4) is 0 Å². The Morgan fingerprint density at radius 3 is 2.83 bits per heavy atom. The van der Waals surface area contributed by atoms with Crippen LogP contribution in [-0.2, 0) is 31.4 Å². The molecule has 156 valence electrons. The summed E-state index contributed by atoms with van der Waals surface area (Å²) < 4.78 is -1.10. The Morgan fingerprint density at radius 2 is 2.14 bits per heavy atom. The lowest BCUT2D eigenvalue weighted by atomic mass is 10.0. The van der Waals surface area contributed by atoms with Crippen molar-refractivity contribution in [2.24, 2.45) is 0 Å². The Hall–Kier alpha value is -1.87. The lowest BCUT2D eigenvalue weighted by molar-refractivity contribution is -0.789. The summed E-state index contributed by atoms with van der Waals surface area (Å²) in [5.74, 6) is 0.384. The van der Waals surface area contributed by atoms with E-state index in [0.29, 0.717) is 15.8 Å². The van der Waals surface area contributed by atoms with Crippen molar-refractivity contribution in [1.29, 1.82) is 0 Å². The number of aliphatic hydroxyl groups is 1. The van der Waals surface area contributed by atoms with E-state index in [1.807, 2.05) is 0 Å². The van der Waals surface area contributed by atoms with Gasteiger partial charge in [0.2, 0.25) is 0 Å². The summed E-state index contributed by atoms with van der Waals surface area (Å²) in [6, 6.07) is -0.591. The number of fused-ring (bicyclic) bond motifs is 2. The largest absolute Gasteiger partial charge is 0.624 e. The normalized spacial score (nSPS) is 20.3. The van der Waals surface area contributed by atoms with Crippen molar-refractivity contribution in [2.45, 2.75) is 70.9 Å². The van der Waals surface area contributed by atoms with Gasteiger partial charge in [-0.1, -0.05) is 6.92 Å². The number of carbonyl (C=O) groups is 1. The molecule has 0 saturated heterocycles. The fourth-order valence-corrected chi connectivity index (χ4v) is 5.20. The summed E-state index contributed by atoms with van der Waals surface area (Å²) in [5, 5.41) is 26.7. The van der Waals surface area contributed by atoms with Crippen LogP contribution in [0.5, 0.6) is 0 Å². The van der Waals surface area contributed by atoms with E-state index < -0.39 is 16.3 Å². The number of aryl methyl sites for hydroxylation is 1. The highest BCUT2D eigenvalue weighted by Crippen LogP contribution is 2.41. The van der Waals surface area contributed by atoms with Crippen LogP contribution in [-0.4, -0.2) is 32.8 Å². The minimum absolute atomic E-state index is 0.0710. The van der Waals surface area contributed by atoms with Crippen molar-refractivity contribution in [1.82, 2.24) is 9.97 Å². The lowest BCUT2D eigenvalue weighted by Gasteiger charge is -2.34. The first kappa shape index (κ1) is 20.4. The molecule has 0 saturated carbocycles. The van der Waals surface area contributed by atoms with E-state index in [0.717, 1.165) is 60.3 Å². The average molecular weight is 417 g/mol. The molecule has 0 spiro atoms. The molecule has 0 radical (unpaired) electrons. The quantitative estimate of drug-likeness (QED) is 0.580. The Balaban J connectivity index is 1.58. The third kappa shape index (κ3) is 3.82. The number of urea groups is 1. The highest BCUT2D eigenvalue weighted by Gasteiger charge is 2.33. The number of quaternary nitrogens is 1. The summed E-state index contributed by atoms with van der Waals surface area (Å²) in [7, 11) is 1.35. The van der Waals surface area contributed by atoms with Gasteiger partial charge in [0.05, 0.1) is 23.2 Å². The van der Waals surface area contributed by atoms with Gasteiger partial charge in [-0.3, -0.25) is 14.9 Å². The van der Waals surface area contributed by atoms with E-state index in [9.17, 15) is 15.1 Å². The van der Waals surface area contributed by atoms with Gasteiger partial charge in [-0.05, 0) is 63.0 Å². The molecule has 7 nitrogen and oxygen atoms in total. The Morgan fingerprint density at radius 1 is 1.38 bits per heavy atom. The van der Waals surface area contributed by atoms with Gasteiger partial charge >= 0.3 is 6.03 Å². The Labute approximate surface area is 175 Å². The molecule has 2 aromatic heterocycles. The topological polar surface area (TPSA) is 98.2 Å².